The van der Waals surface area contributed by atoms with E-state index in [1.807, 2.05) is 0 Å². The van der Waals surface area contributed by atoms with Gasteiger partial charge in [-0.25, -0.2) is 0 Å². The van der Waals surface area contributed by atoms with Gasteiger partial charge >= 0.3 is 0 Å². The summed E-state index contributed by atoms with van der Waals surface area (Å²) in [6.45, 7) is 6.85. The van der Waals surface area contributed by atoms with Crippen molar-refractivity contribution in [1.29, 1.82) is 0 Å². The van der Waals surface area contributed by atoms with Crippen LogP contribution in [0.15, 0.2) is 59.7 Å². The van der Waals surface area contributed by atoms with Crippen molar-refractivity contribution >= 4 is 16.3 Å². The van der Waals surface area contributed by atoms with Crippen LogP contribution in [-0.2, 0) is 6.54 Å². The van der Waals surface area contributed by atoms with Crippen molar-refractivity contribution in [3.63, 3.8) is 0 Å². The first-order chi connectivity index (χ1) is 12.2. The number of allylic oxidation sites excluding steroid dienone is 4. The molecule has 0 fully saturated rings. The Morgan fingerprint density at radius 1 is 0.963 bits per heavy atom. The van der Waals surface area contributed by atoms with E-state index in [0.717, 1.165) is 13.1 Å². The molecule has 2 atom stereocenters. The molecule has 0 amide bonds. The van der Waals surface area contributed by atoms with Gasteiger partial charge in [-0.3, -0.25) is 0 Å². The zero-order valence-corrected chi connectivity index (χ0v) is 19.1. The minimum atomic E-state index is 0. The molecule has 1 nitrogen and oxygen atoms in total. The lowest BCUT2D eigenvalue weighted by molar-refractivity contribution is -0.663. The van der Waals surface area contributed by atoms with E-state index in [4.69, 9.17) is 0 Å². The minimum absolute atomic E-state index is 0. The van der Waals surface area contributed by atoms with Crippen molar-refractivity contribution in [2.75, 3.05) is 6.54 Å². The Bertz CT molecular complexity index is 968. The molecule has 0 saturated heterocycles. The van der Waals surface area contributed by atoms with E-state index in [9.17, 15) is 0 Å². The van der Waals surface area contributed by atoms with Crippen molar-refractivity contribution in [2.45, 2.75) is 33.2 Å². The summed E-state index contributed by atoms with van der Waals surface area (Å²) < 4.78 is 0. The molecule has 2 unspecified atom stereocenters. The maximum atomic E-state index is 2.56. The molecule has 0 bridgehead atoms. The Balaban J connectivity index is 0.00000105. The summed E-state index contributed by atoms with van der Waals surface area (Å²) in [7, 11) is 0. The van der Waals surface area contributed by atoms with Gasteiger partial charge in [0.15, 0.2) is 0 Å². The van der Waals surface area contributed by atoms with E-state index >= 15 is 0 Å². The Morgan fingerprint density at radius 2 is 1.74 bits per heavy atom. The molecule has 0 saturated carbocycles. The summed E-state index contributed by atoms with van der Waals surface area (Å²) in [4.78, 5) is 0. The number of aryl methyl sites for hydroxylation is 1. The third kappa shape index (κ3) is 3.28. The number of benzene rings is 2. The van der Waals surface area contributed by atoms with Crippen molar-refractivity contribution in [3.8, 4) is 0 Å². The highest BCUT2D eigenvalue weighted by atomic mass is 79.9. The number of hydrogen-bond acceptors (Lipinski definition) is 0. The Morgan fingerprint density at radius 3 is 2.59 bits per heavy atom. The standard InChI is InChI=1S/C24H25N.2BrH/c1-15-11-17-7-3-5-9-19(17)23-21(15)13-25-14-22-16(2)12-18-8-4-6-10-20(18)24(22)23;;/h3-7,9,11-12,18,20,25H,8,10,13-14H2,1-2H3;2*1H/p-1. The largest absolute Gasteiger partial charge is 1.00 e. The molecule has 0 radical (unpaired) electrons. The maximum absolute atomic E-state index is 2.56. The van der Waals surface area contributed by atoms with Gasteiger partial charge in [0.05, 0.1) is 0 Å². The van der Waals surface area contributed by atoms with Gasteiger partial charge < -0.3 is 39.3 Å². The second-order valence-electron chi connectivity index (χ2n) is 7.92. The van der Waals surface area contributed by atoms with Crippen molar-refractivity contribution in [1.82, 2.24) is 0 Å². The van der Waals surface area contributed by atoms with E-state index in [1.165, 1.54) is 34.8 Å². The number of hydrogen-bond donors (Lipinski definition) is 1. The van der Waals surface area contributed by atoms with Crippen molar-refractivity contribution in [2.24, 2.45) is 11.8 Å². The van der Waals surface area contributed by atoms with Crippen LogP contribution in [0, 0.1) is 18.8 Å². The lowest BCUT2D eigenvalue weighted by Crippen LogP contribution is -3.00. The van der Waals surface area contributed by atoms with Gasteiger partial charge in [-0.15, -0.1) is 0 Å². The highest BCUT2D eigenvalue weighted by molar-refractivity contribution is 5.98. The predicted molar refractivity (Wildman–Crippen MR) is 105 cm³/mol. The maximum Gasteiger partial charge on any atom is 0.102 e. The topological polar surface area (TPSA) is 16.6 Å². The van der Waals surface area contributed by atoms with Crippen LogP contribution in [0.25, 0.3) is 16.3 Å². The number of rotatable bonds is 0. The molecular formula is C24H26Br2N-. The monoisotopic (exact) mass is 486 g/mol. The van der Waals surface area contributed by atoms with E-state index in [0.29, 0.717) is 11.8 Å². The molecule has 0 aromatic heterocycles. The normalized spacial score (nSPS) is 23.3. The number of halogens is 2. The highest BCUT2D eigenvalue weighted by Crippen LogP contribution is 2.48. The summed E-state index contributed by atoms with van der Waals surface area (Å²) in [6.07, 6.45) is 9.74. The summed E-state index contributed by atoms with van der Waals surface area (Å²) >= 11 is 0. The van der Waals surface area contributed by atoms with E-state index in [1.54, 1.807) is 22.3 Å². The fraction of sp³-hybridized carbons (Fsp3) is 0.333. The molecule has 0 spiro atoms. The predicted octanol–water partition coefficient (Wildman–Crippen LogP) is -1.47. The van der Waals surface area contributed by atoms with Crippen LogP contribution >= 0.6 is 0 Å². The molecule has 1 aliphatic heterocycles. The second kappa shape index (κ2) is 8.06. The Hall–Kier alpha value is -1.16. The second-order valence-corrected chi connectivity index (χ2v) is 7.92. The van der Waals surface area contributed by atoms with Crippen LogP contribution in [-0.4, -0.2) is 6.54 Å². The van der Waals surface area contributed by atoms with Crippen LogP contribution < -0.4 is 39.3 Å². The molecular weight excluding hydrogens is 462 g/mol. The molecule has 142 valence electrons. The van der Waals surface area contributed by atoms with Gasteiger partial charge in [0.1, 0.15) is 13.1 Å². The van der Waals surface area contributed by atoms with Gasteiger partial charge in [-0.2, -0.15) is 0 Å². The first kappa shape index (κ1) is 20.6. The quantitative estimate of drug-likeness (QED) is 0.437. The smallest absolute Gasteiger partial charge is 0.102 e. The van der Waals surface area contributed by atoms with Gasteiger partial charge in [0.25, 0.3) is 0 Å². The average Bonchev–Trinajstić information content (AvgIpc) is 2.83. The SMILES string of the molecule is CC1=CC2CC=CCC2C2=C1C[NH2+]Cc1c(C)cc3ccccc3c12.[Br-].[Br-]. The van der Waals surface area contributed by atoms with Crippen LogP contribution in [0.5, 0.6) is 0 Å². The summed E-state index contributed by atoms with van der Waals surface area (Å²) in [5, 5.41) is 5.34. The van der Waals surface area contributed by atoms with Crippen LogP contribution in [0.3, 0.4) is 0 Å². The van der Waals surface area contributed by atoms with Gasteiger partial charge in [0, 0.05) is 11.1 Å². The fourth-order valence-corrected chi connectivity index (χ4v) is 5.28. The summed E-state index contributed by atoms with van der Waals surface area (Å²) in [6, 6.07) is 11.4. The molecule has 5 rings (SSSR count). The minimum Gasteiger partial charge on any atom is -1.00 e. The lowest BCUT2D eigenvalue weighted by Gasteiger charge is -2.35. The lowest BCUT2D eigenvalue weighted by atomic mass is 9.68. The fourth-order valence-electron chi connectivity index (χ4n) is 5.28. The number of nitrogens with two attached hydrogens (primary N) is 1. The molecule has 2 aromatic rings. The third-order valence-corrected chi connectivity index (χ3v) is 6.46. The van der Waals surface area contributed by atoms with E-state index < -0.39 is 0 Å². The van der Waals surface area contributed by atoms with Gasteiger partial charge in [-0.05, 0) is 71.6 Å². The zero-order valence-electron chi connectivity index (χ0n) is 15.9. The van der Waals surface area contributed by atoms with Crippen LogP contribution in [0.1, 0.15) is 36.5 Å². The zero-order chi connectivity index (χ0) is 17.0. The molecule has 2 aliphatic carbocycles. The Labute approximate surface area is 183 Å². The molecule has 1 heterocycles. The van der Waals surface area contributed by atoms with Crippen LogP contribution in [0.2, 0.25) is 0 Å². The first-order valence-corrected chi connectivity index (χ1v) is 9.64. The summed E-state index contributed by atoms with van der Waals surface area (Å²) in [5.74, 6) is 1.33. The van der Waals surface area contributed by atoms with Crippen LogP contribution in [0.4, 0.5) is 0 Å². The molecule has 27 heavy (non-hydrogen) atoms. The molecule has 2 N–H and O–H groups in total. The van der Waals surface area contributed by atoms with Crippen molar-refractivity contribution in [3.05, 3.63) is 76.4 Å². The van der Waals surface area contributed by atoms with E-state index in [2.05, 4.69) is 67.7 Å². The summed E-state index contributed by atoms with van der Waals surface area (Å²) in [5.41, 5.74) is 9.36. The highest BCUT2D eigenvalue weighted by Gasteiger charge is 2.35. The molecule has 3 heteroatoms. The number of quaternary nitrogens is 1. The van der Waals surface area contributed by atoms with Crippen molar-refractivity contribution < 1.29 is 39.3 Å². The van der Waals surface area contributed by atoms with Gasteiger partial charge in [-0.1, -0.05) is 48.6 Å². The third-order valence-electron chi connectivity index (χ3n) is 6.46. The first-order valence-electron chi connectivity index (χ1n) is 9.64. The van der Waals surface area contributed by atoms with Gasteiger partial charge in [0.2, 0.25) is 0 Å². The van der Waals surface area contributed by atoms with E-state index in [-0.39, 0.29) is 34.0 Å². The molecule has 3 aliphatic rings. The Kier molecular flexibility index (Phi) is 6.14. The number of fused-ring (bicyclic) bond motifs is 6. The molecule has 2 aromatic carbocycles. The average molecular weight is 488 g/mol.